The molecule has 0 saturated heterocycles. The highest BCUT2D eigenvalue weighted by Crippen LogP contribution is 2.12. The maximum absolute atomic E-state index is 13.7. The number of hydrogen-bond donors (Lipinski definition) is 2. The van der Waals surface area contributed by atoms with Crippen LogP contribution in [0.15, 0.2) is 18.2 Å². The van der Waals surface area contributed by atoms with Crippen molar-refractivity contribution >= 4 is 5.91 Å². The Labute approximate surface area is 108 Å². The number of carbonyl (C=O) groups excluding carboxylic acids is 1. The SMILES string of the molecule is CCC(CCN)CNC(=O)c1cccc(C)c1F. The molecule has 0 radical (unpaired) electrons. The molecule has 0 saturated carbocycles. The number of hydrogen-bond acceptors (Lipinski definition) is 2. The molecular weight excluding hydrogens is 231 g/mol. The minimum Gasteiger partial charge on any atom is -0.352 e. The van der Waals surface area contributed by atoms with Crippen LogP contribution in [0.4, 0.5) is 4.39 Å². The third kappa shape index (κ3) is 3.81. The maximum Gasteiger partial charge on any atom is 0.254 e. The van der Waals surface area contributed by atoms with Gasteiger partial charge in [-0.3, -0.25) is 4.79 Å². The zero-order valence-electron chi connectivity index (χ0n) is 11.0. The highest BCUT2D eigenvalue weighted by molar-refractivity contribution is 5.94. The predicted molar refractivity (Wildman–Crippen MR) is 70.9 cm³/mol. The molecule has 0 spiro atoms. The third-order valence-electron chi connectivity index (χ3n) is 3.14. The summed E-state index contributed by atoms with van der Waals surface area (Å²) in [5, 5.41) is 2.77. The Morgan fingerprint density at radius 1 is 1.50 bits per heavy atom. The highest BCUT2D eigenvalue weighted by Gasteiger charge is 2.14. The summed E-state index contributed by atoms with van der Waals surface area (Å²) in [4.78, 5) is 11.9. The monoisotopic (exact) mass is 252 g/mol. The van der Waals surface area contributed by atoms with Crippen molar-refractivity contribution in [3.63, 3.8) is 0 Å². The van der Waals surface area contributed by atoms with Crippen molar-refractivity contribution in [2.45, 2.75) is 26.7 Å². The van der Waals surface area contributed by atoms with Crippen molar-refractivity contribution in [1.29, 1.82) is 0 Å². The van der Waals surface area contributed by atoms with Crippen LogP contribution in [0.25, 0.3) is 0 Å². The van der Waals surface area contributed by atoms with Crippen LogP contribution in [0.5, 0.6) is 0 Å². The Kier molecular flexibility index (Phi) is 5.78. The summed E-state index contributed by atoms with van der Waals surface area (Å²) in [6, 6.07) is 4.83. The van der Waals surface area contributed by atoms with E-state index in [1.54, 1.807) is 19.1 Å². The van der Waals surface area contributed by atoms with Crippen molar-refractivity contribution in [2.75, 3.05) is 13.1 Å². The fourth-order valence-electron chi connectivity index (χ4n) is 1.84. The minimum absolute atomic E-state index is 0.109. The molecular formula is C14H21FN2O. The van der Waals surface area contributed by atoms with E-state index in [9.17, 15) is 9.18 Å². The predicted octanol–water partition coefficient (Wildman–Crippen LogP) is 2.24. The molecule has 0 aliphatic rings. The van der Waals surface area contributed by atoms with Gasteiger partial charge in [-0.15, -0.1) is 0 Å². The van der Waals surface area contributed by atoms with E-state index in [0.717, 1.165) is 12.8 Å². The molecule has 3 N–H and O–H groups in total. The number of halogens is 1. The van der Waals surface area contributed by atoms with E-state index in [1.165, 1.54) is 6.07 Å². The normalized spacial score (nSPS) is 12.2. The van der Waals surface area contributed by atoms with Crippen molar-refractivity contribution in [1.82, 2.24) is 5.32 Å². The lowest BCUT2D eigenvalue weighted by atomic mass is 10.0. The van der Waals surface area contributed by atoms with Gasteiger partial charge in [0.15, 0.2) is 0 Å². The van der Waals surface area contributed by atoms with Gasteiger partial charge in [-0.2, -0.15) is 0 Å². The number of nitrogens with two attached hydrogens (primary N) is 1. The summed E-state index contributed by atoms with van der Waals surface area (Å²) in [7, 11) is 0. The molecule has 18 heavy (non-hydrogen) atoms. The molecule has 0 bridgehead atoms. The first kappa shape index (κ1) is 14.6. The Balaban J connectivity index is 2.62. The summed E-state index contributed by atoms with van der Waals surface area (Å²) < 4.78 is 13.7. The summed E-state index contributed by atoms with van der Waals surface area (Å²) in [5.41, 5.74) is 6.09. The average Bonchev–Trinajstić information content (AvgIpc) is 2.37. The lowest BCUT2D eigenvalue weighted by Gasteiger charge is -2.15. The Hall–Kier alpha value is -1.42. The summed E-state index contributed by atoms with van der Waals surface area (Å²) in [6.07, 6.45) is 1.82. The lowest BCUT2D eigenvalue weighted by Crippen LogP contribution is -2.30. The first-order valence-corrected chi connectivity index (χ1v) is 6.33. The molecule has 4 heteroatoms. The zero-order chi connectivity index (χ0) is 13.5. The molecule has 0 aliphatic carbocycles. The van der Waals surface area contributed by atoms with E-state index in [2.05, 4.69) is 12.2 Å². The second-order valence-electron chi connectivity index (χ2n) is 4.50. The van der Waals surface area contributed by atoms with E-state index in [4.69, 9.17) is 5.73 Å². The number of carbonyl (C=O) groups is 1. The number of benzene rings is 1. The fraction of sp³-hybridized carbons (Fsp3) is 0.500. The van der Waals surface area contributed by atoms with E-state index < -0.39 is 5.82 Å². The van der Waals surface area contributed by atoms with Crippen LogP contribution in [0, 0.1) is 18.7 Å². The molecule has 1 aromatic carbocycles. The van der Waals surface area contributed by atoms with Crippen LogP contribution in [0.2, 0.25) is 0 Å². The summed E-state index contributed by atoms with van der Waals surface area (Å²) in [5.74, 6) is -0.444. The first-order chi connectivity index (χ1) is 8.60. The second-order valence-corrected chi connectivity index (χ2v) is 4.50. The molecule has 1 atom stereocenters. The Morgan fingerprint density at radius 3 is 2.83 bits per heavy atom. The van der Waals surface area contributed by atoms with Gasteiger partial charge in [0.2, 0.25) is 0 Å². The smallest absolute Gasteiger partial charge is 0.254 e. The zero-order valence-corrected chi connectivity index (χ0v) is 11.0. The number of aryl methyl sites for hydroxylation is 1. The van der Waals surface area contributed by atoms with Gasteiger partial charge < -0.3 is 11.1 Å². The lowest BCUT2D eigenvalue weighted by molar-refractivity contribution is 0.0942. The van der Waals surface area contributed by atoms with Crippen molar-refractivity contribution < 1.29 is 9.18 Å². The molecule has 0 heterocycles. The molecule has 1 unspecified atom stereocenters. The maximum atomic E-state index is 13.7. The second kappa shape index (κ2) is 7.11. The molecule has 1 aromatic rings. The Morgan fingerprint density at radius 2 is 2.22 bits per heavy atom. The van der Waals surface area contributed by atoms with Gasteiger partial charge in [-0.1, -0.05) is 25.5 Å². The summed E-state index contributed by atoms with van der Waals surface area (Å²) in [6.45, 7) is 4.85. The van der Waals surface area contributed by atoms with Crippen LogP contribution in [-0.4, -0.2) is 19.0 Å². The van der Waals surface area contributed by atoms with Gasteiger partial charge in [-0.05, 0) is 37.4 Å². The molecule has 100 valence electrons. The van der Waals surface area contributed by atoms with E-state index in [1.807, 2.05) is 0 Å². The number of rotatable bonds is 6. The van der Waals surface area contributed by atoms with Crippen LogP contribution < -0.4 is 11.1 Å². The quantitative estimate of drug-likeness (QED) is 0.815. The Bertz CT molecular complexity index is 407. The van der Waals surface area contributed by atoms with Crippen LogP contribution in [-0.2, 0) is 0 Å². The highest BCUT2D eigenvalue weighted by atomic mass is 19.1. The average molecular weight is 252 g/mol. The molecule has 1 amide bonds. The fourth-order valence-corrected chi connectivity index (χ4v) is 1.84. The first-order valence-electron chi connectivity index (χ1n) is 6.33. The standard InChI is InChI=1S/C14H21FN2O/c1-3-11(7-8-16)9-17-14(18)12-6-4-5-10(2)13(12)15/h4-6,11H,3,7-9,16H2,1-2H3,(H,17,18). The molecule has 0 aliphatic heterocycles. The van der Waals surface area contributed by atoms with Crippen molar-refractivity contribution in [3.8, 4) is 0 Å². The summed E-state index contributed by atoms with van der Waals surface area (Å²) >= 11 is 0. The molecule has 0 fully saturated rings. The number of nitrogens with one attached hydrogen (secondary N) is 1. The minimum atomic E-state index is -0.443. The van der Waals surface area contributed by atoms with Gasteiger partial charge in [0.1, 0.15) is 5.82 Å². The third-order valence-corrected chi connectivity index (χ3v) is 3.14. The molecule has 3 nitrogen and oxygen atoms in total. The van der Waals surface area contributed by atoms with E-state index in [-0.39, 0.29) is 11.5 Å². The molecule has 0 aromatic heterocycles. The van der Waals surface area contributed by atoms with Crippen LogP contribution in [0.1, 0.15) is 35.7 Å². The van der Waals surface area contributed by atoms with Gasteiger partial charge in [0.05, 0.1) is 5.56 Å². The largest absolute Gasteiger partial charge is 0.352 e. The number of amides is 1. The van der Waals surface area contributed by atoms with Gasteiger partial charge >= 0.3 is 0 Å². The van der Waals surface area contributed by atoms with Crippen LogP contribution >= 0.6 is 0 Å². The van der Waals surface area contributed by atoms with Crippen molar-refractivity contribution in [3.05, 3.63) is 35.1 Å². The van der Waals surface area contributed by atoms with Crippen LogP contribution in [0.3, 0.4) is 0 Å². The van der Waals surface area contributed by atoms with Gasteiger partial charge in [0.25, 0.3) is 5.91 Å². The van der Waals surface area contributed by atoms with E-state index in [0.29, 0.717) is 24.6 Å². The van der Waals surface area contributed by atoms with Gasteiger partial charge in [-0.25, -0.2) is 4.39 Å². The molecule has 1 rings (SSSR count). The van der Waals surface area contributed by atoms with Crippen molar-refractivity contribution in [2.24, 2.45) is 11.7 Å². The van der Waals surface area contributed by atoms with E-state index >= 15 is 0 Å². The topological polar surface area (TPSA) is 55.1 Å². The van der Waals surface area contributed by atoms with Gasteiger partial charge in [0, 0.05) is 6.54 Å².